The number of nitrogens with zero attached hydrogens (tertiary/aromatic N) is 1. The Morgan fingerprint density at radius 2 is 1.92 bits per heavy atom. The van der Waals surface area contributed by atoms with Crippen molar-refractivity contribution in [1.82, 2.24) is 4.90 Å². The van der Waals surface area contributed by atoms with E-state index in [1.807, 2.05) is 18.2 Å². The Balaban J connectivity index is 1.77. The third-order valence-corrected chi connectivity index (χ3v) is 4.77. The number of benzene rings is 1. The van der Waals surface area contributed by atoms with Crippen LogP contribution < -0.4 is 4.74 Å². The van der Waals surface area contributed by atoms with Gasteiger partial charge in [-0.2, -0.15) is 0 Å². The van der Waals surface area contributed by atoms with Crippen LogP contribution >= 0.6 is 0 Å². The lowest BCUT2D eigenvalue weighted by atomic mass is 10.0. The molecule has 0 spiro atoms. The summed E-state index contributed by atoms with van der Waals surface area (Å²) in [6.07, 6.45) is 4.77. The smallest absolute Gasteiger partial charge is 0.373 e. The van der Waals surface area contributed by atoms with E-state index in [0.717, 1.165) is 24.5 Å². The second kappa shape index (κ2) is 8.21. The summed E-state index contributed by atoms with van der Waals surface area (Å²) in [6.45, 7) is 1.71. The largest absolute Gasteiger partial charge is 0.497 e. The molecule has 134 valence electrons. The molecule has 1 aromatic heterocycles. The van der Waals surface area contributed by atoms with Gasteiger partial charge in [-0.1, -0.05) is 25.0 Å². The van der Waals surface area contributed by atoms with E-state index >= 15 is 0 Å². The van der Waals surface area contributed by atoms with Crippen LogP contribution in [0.15, 0.2) is 40.8 Å². The molecular weight excluding hydrogens is 318 g/mol. The zero-order valence-corrected chi connectivity index (χ0v) is 14.9. The van der Waals surface area contributed by atoms with Gasteiger partial charge in [-0.15, -0.1) is 0 Å². The third kappa shape index (κ3) is 4.23. The predicted molar refractivity (Wildman–Crippen MR) is 94.7 cm³/mol. The summed E-state index contributed by atoms with van der Waals surface area (Å²) in [6, 6.07) is 12.2. The number of ether oxygens (including phenoxy) is 2. The summed E-state index contributed by atoms with van der Waals surface area (Å²) >= 11 is 0. The van der Waals surface area contributed by atoms with Crippen molar-refractivity contribution in [3.8, 4) is 5.75 Å². The molecule has 1 unspecified atom stereocenters. The van der Waals surface area contributed by atoms with Gasteiger partial charge in [0.05, 0.1) is 20.8 Å². The fourth-order valence-corrected chi connectivity index (χ4v) is 3.43. The Morgan fingerprint density at radius 3 is 2.64 bits per heavy atom. The van der Waals surface area contributed by atoms with Crippen LogP contribution in [0.4, 0.5) is 0 Å². The van der Waals surface area contributed by atoms with E-state index in [0.29, 0.717) is 12.6 Å². The van der Waals surface area contributed by atoms with Crippen molar-refractivity contribution in [3.63, 3.8) is 0 Å². The molecule has 1 fully saturated rings. The van der Waals surface area contributed by atoms with Crippen LogP contribution in [0.2, 0.25) is 0 Å². The van der Waals surface area contributed by atoms with Crippen LogP contribution in [0, 0.1) is 0 Å². The number of carbonyl (C=O) groups is 1. The zero-order chi connectivity index (χ0) is 17.6. The molecular formula is C20H25NO4. The number of rotatable bonds is 5. The lowest BCUT2D eigenvalue weighted by Gasteiger charge is -2.29. The fraction of sp³-hybridized carbons (Fsp3) is 0.450. The highest BCUT2D eigenvalue weighted by Gasteiger charge is 2.24. The zero-order valence-electron chi connectivity index (χ0n) is 14.9. The van der Waals surface area contributed by atoms with Gasteiger partial charge in [0.1, 0.15) is 11.5 Å². The highest BCUT2D eigenvalue weighted by atomic mass is 16.5. The maximum absolute atomic E-state index is 11.6. The van der Waals surface area contributed by atoms with Gasteiger partial charge < -0.3 is 13.9 Å². The Bertz CT molecular complexity index is 692. The molecule has 2 aromatic rings. The molecule has 0 saturated carbocycles. The molecule has 5 nitrogen and oxygen atoms in total. The first-order valence-corrected chi connectivity index (χ1v) is 8.76. The molecule has 1 saturated heterocycles. The van der Waals surface area contributed by atoms with E-state index in [9.17, 15) is 4.79 Å². The molecule has 1 atom stereocenters. The topological polar surface area (TPSA) is 51.9 Å². The quantitative estimate of drug-likeness (QED) is 0.762. The van der Waals surface area contributed by atoms with Gasteiger partial charge in [0.25, 0.3) is 0 Å². The summed E-state index contributed by atoms with van der Waals surface area (Å²) in [7, 11) is 3.04. The molecule has 25 heavy (non-hydrogen) atoms. The van der Waals surface area contributed by atoms with E-state index < -0.39 is 5.97 Å². The number of carbonyl (C=O) groups excluding carboxylic acids is 1. The van der Waals surface area contributed by atoms with Gasteiger partial charge in [0, 0.05) is 6.04 Å². The summed E-state index contributed by atoms with van der Waals surface area (Å²) in [4.78, 5) is 14.0. The lowest BCUT2D eigenvalue weighted by Crippen LogP contribution is -2.28. The molecule has 0 radical (unpaired) electrons. The van der Waals surface area contributed by atoms with Crippen LogP contribution in [0.5, 0.6) is 5.75 Å². The number of hydrogen-bond donors (Lipinski definition) is 0. The summed E-state index contributed by atoms with van der Waals surface area (Å²) < 4.78 is 15.6. The predicted octanol–water partition coefficient (Wildman–Crippen LogP) is 4.19. The van der Waals surface area contributed by atoms with Crippen LogP contribution in [0.3, 0.4) is 0 Å². The van der Waals surface area contributed by atoms with Crippen LogP contribution in [0.1, 0.15) is 53.6 Å². The Labute approximate surface area is 148 Å². The van der Waals surface area contributed by atoms with Gasteiger partial charge in [-0.25, -0.2) is 4.79 Å². The molecule has 1 aliphatic heterocycles. The molecule has 0 bridgehead atoms. The van der Waals surface area contributed by atoms with Crippen molar-refractivity contribution in [2.45, 2.75) is 38.3 Å². The van der Waals surface area contributed by atoms with Crippen molar-refractivity contribution >= 4 is 5.97 Å². The lowest BCUT2D eigenvalue weighted by molar-refractivity contribution is 0.0560. The number of methoxy groups -OCH3 is 2. The third-order valence-electron chi connectivity index (χ3n) is 4.77. The van der Waals surface area contributed by atoms with Crippen LogP contribution in [0.25, 0.3) is 0 Å². The molecule has 0 N–H and O–H groups in total. The molecule has 3 rings (SSSR count). The van der Waals surface area contributed by atoms with E-state index in [4.69, 9.17) is 13.9 Å². The van der Waals surface area contributed by atoms with Gasteiger partial charge in [0.2, 0.25) is 5.76 Å². The van der Waals surface area contributed by atoms with E-state index in [2.05, 4.69) is 17.0 Å². The molecule has 0 amide bonds. The van der Waals surface area contributed by atoms with Crippen molar-refractivity contribution in [2.75, 3.05) is 20.8 Å². The SMILES string of the molecule is COC(=O)c1ccc(CN2CCCCCC2c2ccc(OC)cc2)o1. The first-order chi connectivity index (χ1) is 12.2. The van der Waals surface area contributed by atoms with Gasteiger partial charge in [-0.3, -0.25) is 4.90 Å². The Hall–Kier alpha value is -2.27. The minimum atomic E-state index is -0.436. The number of hydrogen-bond acceptors (Lipinski definition) is 5. The average molecular weight is 343 g/mol. The first-order valence-electron chi connectivity index (χ1n) is 8.76. The molecule has 1 aromatic carbocycles. The van der Waals surface area contributed by atoms with Crippen molar-refractivity contribution < 1.29 is 18.7 Å². The van der Waals surface area contributed by atoms with E-state index in [-0.39, 0.29) is 5.76 Å². The normalized spacial score (nSPS) is 18.6. The van der Waals surface area contributed by atoms with Gasteiger partial charge in [-0.05, 0) is 49.2 Å². The summed E-state index contributed by atoms with van der Waals surface area (Å²) in [5, 5.41) is 0. The highest BCUT2D eigenvalue weighted by Crippen LogP contribution is 2.32. The van der Waals surface area contributed by atoms with Crippen molar-refractivity contribution in [3.05, 3.63) is 53.5 Å². The number of furan rings is 1. The monoisotopic (exact) mass is 343 g/mol. The Kier molecular flexibility index (Phi) is 5.76. The van der Waals surface area contributed by atoms with Crippen molar-refractivity contribution in [2.24, 2.45) is 0 Å². The standard InChI is InChI=1S/C20H25NO4/c1-23-16-9-7-15(8-10-16)18-6-4-3-5-13-21(18)14-17-11-12-19(25-17)20(22)24-2/h7-12,18H,3-6,13-14H2,1-2H3. The number of esters is 1. The van der Waals surface area contributed by atoms with Gasteiger partial charge in [0.15, 0.2) is 0 Å². The highest BCUT2D eigenvalue weighted by molar-refractivity contribution is 5.86. The van der Waals surface area contributed by atoms with E-state index in [1.54, 1.807) is 13.2 Å². The molecule has 5 heteroatoms. The minimum Gasteiger partial charge on any atom is -0.497 e. The summed E-state index contributed by atoms with van der Waals surface area (Å²) in [5.74, 6) is 1.49. The second-order valence-corrected chi connectivity index (χ2v) is 6.37. The van der Waals surface area contributed by atoms with Crippen molar-refractivity contribution in [1.29, 1.82) is 0 Å². The minimum absolute atomic E-state index is 0.258. The maximum atomic E-state index is 11.6. The molecule has 2 heterocycles. The Morgan fingerprint density at radius 1 is 1.12 bits per heavy atom. The maximum Gasteiger partial charge on any atom is 0.373 e. The second-order valence-electron chi connectivity index (χ2n) is 6.37. The first kappa shape index (κ1) is 17.5. The van der Waals surface area contributed by atoms with Crippen LogP contribution in [-0.4, -0.2) is 31.6 Å². The molecule has 0 aliphatic carbocycles. The fourth-order valence-electron chi connectivity index (χ4n) is 3.43. The van der Waals surface area contributed by atoms with Gasteiger partial charge >= 0.3 is 5.97 Å². The molecule has 1 aliphatic rings. The van der Waals surface area contributed by atoms with E-state index in [1.165, 1.54) is 31.9 Å². The van der Waals surface area contributed by atoms with Crippen LogP contribution in [-0.2, 0) is 11.3 Å². The average Bonchev–Trinajstić information content (AvgIpc) is 3.00. The summed E-state index contributed by atoms with van der Waals surface area (Å²) in [5.41, 5.74) is 1.29. The number of likely N-dealkylation sites (tertiary alicyclic amines) is 1.